The molecule has 4 N–H and O–H groups in total. The van der Waals surface area contributed by atoms with Gasteiger partial charge in [-0.05, 0) is 19.3 Å². The lowest BCUT2D eigenvalue weighted by Crippen LogP contribution is -2.30. The van der Waals surface area contributed by atoms with Crippen molar-refractivity contribution < 1.29 is 25.2 Å². The number of aliphatic hydroxyl groups is 3. The zero-order chi connectivity index (χ0) is 17.5. The molecule has 0 aliphatic heterocycles. The van der Waals surface area contributed by atoms with Crippen LogP contribution in [-0.4, -0.2) is 44.7 Å². The third-order valence-corrected chi connectivity index (χ3v) is 4.24. The number of aliphatic carboxylic acids is 1. The summed E-state index contributed by atoms with van der Waals surface area (Å²) in [6, 6.07) is 0. The van der Waals surface area contributed by atoms with E-state index in [4.69, 9.17) is 5.11 Å². The second kappa shape index (κ2) is 14.9. The number of hydrogen-bond donors (Lipinski definition) is 4. The zero-order valence-electron chi connectivity index (χ0n) is 14.6. The summed E-state index contributed by atoms with van der Waals surface area (Å²) < 4.78 is 0. The van der Waals surface area contributed by atoms with E-state index in [0.717, 1.165) is 51.4 Å². The van der Waals surface area contributed by atoms with Crippen molar-refractivity contribution in [3.05, 3.63) is 0 Å². The molecular weight excluding hydrogens is 296 g/mol. The first-order valence-electron chi connectivity index (χ1n) is 9.23. The number of unbranched alkanes of at least 4 members (excludes halogenated alkanes) is 7. The number of aliphatic hydroxyl groups excluding tert-OH is 3. The number of hydrogen-bond acceptors (Lipinski definition) is 4. The summed E-state index contributed by atoms with van der Waals surface area (Å²) in [4.78, 5) is 10.4. The molecule has 5 heteroatoms. The summed E-state index contributed by atoms with van der Waals surface area (Å²) in [5.41, 5.74) is 0. The van der Waals surface area contributed by atoms with Crippen LogP contribution in [0.25, 0.3) is 0 Å². The molecule has 5 nitrogen and oxygen atoms in total. The van der Waals surface area contributed by atoms with Crippen molar-refractivity contribution in [1.29, 1.82) is 0 Å². The van der Waals surface area contributed by atoms with Crippen LogP contribution >= 0.6 is 0 Å². The van der Waals surface area contributed by atoms with Crippen LogP contribution < -0.4 is 0 Å². The predicted molar refractivity (Wildman–Crippen MR) is 91.4 cm³/mol. The molecule has 3 atom stereocenters. The van der Waals surface area contributed by atoms with Gasteiger partial charge in [-0.3, -0.25) is 4.79 Å². The molecule has 0 spiro atoms. The van der Waals surface area contributed by atoms with Crippen LogP contribution in [0.5, 0.6) is 0 Å². The molecule has 138 valence electrons. The Morgan fingerprint density at radius 1 is 0.783 bits per heavy atom. The molecule has 0 aromatic heterocycles. The third kappa shape index (κ3) is 14.7. The van der Waals surface area contributed by atoms with Gasteiger partial charge in [0.2, 0.25) is 0 Å². The Morgan fingerprint density at radius 3 is 2.00 bits per heavy atom. The highest BCUT2D eigenvalue weighted by atomic mass is 16.4. The van der Waals surface area contributed by atoms with Gasteiger partial charge >= 0.3 is 5.97 Å². The Labute approximate surface area is 140 Å². The molecule has 0 aromatic rings. The molecule has 0 rings (SSSR count). The van der Waals surface area contributed by atoms with Crippen LogP contribution in [0.4, 0.5) is 0 Å². The van der Waals surface area contributed by atoms with Gasteiger partial charge in [0.05, 0.1) is 18.3 Å². The lowest BCUT2D eigenvalue weighted by Gasteiger charge is -2.20. The van der Waals surface area contributed by atoms with E-state index in [1.165, 1.54) is 0 Å². The van der Waals surface area contributed by atoms with Crippen LogP contribution in [0.1, 0.15) is 90.4 Å². The van der Waals surface area contributed by atoms with Crippen LogP contribution in [0.15, 0.2) is 0 Å². The molecule has 0 radical (unpaired) electrons. The fourth-order valence-electron chi connectivity index (χ4n) is 2.71. The average Bonchev–Trinajstić information content (AvgIpc) is 2.50. The topological polar surface area (TPSA) is 98.0 Å². The summed E-state index contributed by atoms with van der Waals surface area (Å²) >= 11 is 0. The van der Waals surface area contributed by atoms with Gasteiger partial charge in [-0.25, -0.2) is 0 Å². The molecule has 0 aliphatic carbocycles. The van der Waals surface area contributed by atoms with E-state index in [1.54, 1.807) is 0 Å². The van der Waals surface area contributed by atoms with Crippen LogP contribution in [0.3, 0.4) is 0 Å². The number of carbonyl (C=O) groups is 1. The summed E-state index contributed by atoms with van der Waals surface area (Å²) in [6.45, 7) is 2.13. The van der Waals surface area contributed by atoms with Gasteiger partial charge in [0.25, 0.3) is 0 Å². The number of carboxylic acid groups (broad SMARTS) is 1. The van der Waals surface area contributed by atoms with E-state index >= 15 is 0 Å². The van der Waals surface area contributed by atoms with Gasteiger partial charge in [-0.1, -0.05) is 58.3 Å². The van der Waals surface area contributed by atoms with Gasteiger partial charge < -0.3 is 20.4 Å². The Kier molecular flexibility index (Phi) is 14.5. The van der Waals surface area contributed by atoms with Crippen molar-refractivity contribution >= 4 is 5.97 Å². The molecule has 0 aromatic carbocycles. The third-order valence-electron chi connectivity index (χ3n) is 4.24. The van der Waals surface area contributed by atoms with Gasteiger partial charge in [-0.2, -0.15) is 0 Å². The maximum atomic E-state index is 10.4. The fraction of sp³-hybridized carbons (Fsp3) is 0.944. The molecule has 23 heavy (non-hydrogen) atoms. The molecule has 0 heterocycles. The largest absolute Gasteiger partial charge is 0.481 e. The minimum absolute atomic E-state index is 0.227. The molecule has 3 unspecified atom stereocenters. The maximum Gasteiger partial charge on any atom is 0.303 e. The van der Waals surface area contributed by atoms with Crippen molar-refractivity contribution in [2.45, 2.75) is 109 Å². The molecule has 0 fully saturated rings. The van der Waals surface area contributed by atoms with E-state index in [-0.39, 0.29) is 12.8 Å². The van der Waals surface area contributed by atoms with Gasteiger partial charge in [-0.15, -0.1) is 0 Å². The van der Waals surface area contributed by atoms with Gasteiger partial charge in [0, 0.05) is 12.8 Å². The Hall–Kier alpha value is -0.650. The monoisotopic (exact) mass is 332 g/mol. The second-order valence-corrected chi connectivity index (χ2v) is 6.57. The zero-order valence-corrected chi connectivity index (χ0v) is 14.6. The van der Waals surface area contributed by atoms with Crippen LogP contribution in [-0.2, 0) is 4.79 Å². The van der Waals surface area contributed by atoms with Crippen LogP contribution in [0.2, 0.25) is 0 Å². The standard InChI is InChI=1S/C18H36O5/c1-2-3-4-9-12-16(20)17(21)14-15(19)11-8-6-5-7-10-13-18(22)23/h15-17,19-21H,2-14H2,1H3,(H,22,23). The molecule has 0 saturated carbocycles. The van der Waals surface area contributed by atoms with Crippen molar-refractivity contribution in [3.63, 3.8) is 0 Å². The SMILES string of the molecule is CCCCCCC(O)C(O)CC(O)CCCCCCCC(=O)O. The smallest absolute Gasteiger partial charge is 0.303 e. The first-order chi connectivity index (χ1) is 11.0. The first-order valence-corrected chi connectivity index (χ1v) is 9.23. The summed E-state index contributed by atoms with van der Waals surface area (Å²) in [5, 5.41) is 38.2. The maximum absolute atomic E-state index is 10.4. The molecule has 0 amide bonds. The van der Waals surface area contributed by atoms with Crippen LogP contribution in [0, 0.1) is 0 Å². The summed E-state index contributed by atoms with van der Waals surface area (Å²) in [6.07, 6.45) is 8.23. The van der Waals surface area contributed by atoms with Crippen molar-refractivity contribution in [3.8, 4) is 0 Å². The van der Waals surface area contributed by atoms with Gasteiger partial charge in [0.15, 0.2) is 0 Å². The highest BCUT2D eigenvalue weighted by Gasteiger charge is 2.19. The minimum atomic E-state index is -0.845. The highest BCUT2D eigenvalue weighted by molar-refractivity contribution is 5.66. The summed E-state index contributed by atoms with van der Waals surface area (Å²) in [5.74, 6) is -0.748. The molecule has 0 bridgehead atoms. The lowest BCUT2D eigenvalue weighted by molar-refractivity contribution is -0.137. The number of rotatable bonds is 16. The highest BCUT2D eigenvalue weighted by Crippen LogP contribution is 2.15. The average molecular weight is 332 g/mol. The predicted octanol–water partition coefficient (Wildman–Crippen LogP) is 3.24. The lowest BCUT2D eigenvalue weighted by atomic mass is 9.98. The van der Waals surface area contributed by atoms with Crippen molar-refractivity contribution in [2.24, 2.45) is 0 Å². The van der Waals surface area contributed by atoms with Crippen molar-refractivity contribution in [2.75, 3.05) is 0 Å². The Morgan fingerprint density at radius 2 is 1.35 bits per heavy atom. The Balaban J connectivity index is 3.56. The van der Waals surface area contributed by atoms with E-state index in [1.807, 2.05) is 0 Å². The molecule has 0 aliphatic rings. The van der Waals surface area contributed by atoms with Gasteiger partial charge in [0.1, 0.15) is 0 Å². The second-order valence-electron chi connectivity index (χ2n) is 6.57. The minimum Gasteiger partial charge on any atom is -0.481 e. The first kappa shape index (κ1) is 22.4. The van der Waals surface area contributed by atoms with E-state index < -0.39 is 24.3 Å². The van der Waals surface area contributed by atoms with E-state index in [0.29, 0.717) is 19.3 Å². The van der Waals surface area contributed by atoms with E-state index in [9.17, 15) is 20.1 Å². The molecular formula is C18H36O5. The fourth-order valence-corrected chi connectivity index (χ4v) is 2.71. The normalized spacial score (nSPS) is 15.3. The Bertz CT molecular complexity index is 283. The molecule has 0 saturated heterocycles. The van der Waals surface area contributed by atoms with Crippen molar-refractivity contribution in [1.82, 2.24) is 0 Å². The number of carboxylic acids is 1. The quantitative estimate of drug-likeness (QED) is 0.325. The van der Waals surface area contributed by atoms with E-state index in [2.05, 4.69) is 6.92 Å². The summed E-state index contributed by atoms with van der Waals surface area (Å²) in [7, 11) is 0.